The Hall–Kier alpha value is -0.170. The van der Waals surface area contributed by atoms with E-state index in [1.807, 2.05) is 18.7 Å². The maximum absolute atomic E-state index is 5.66. The van der Waals surface area contributed by atoms with Crippen molar-refractivity contribution in [2.45, 2.75) is 32.7 Å². The van der Waals surface area contributed by atoms with Gasteiger partial charge in [-0.2, -0.15) is 11.8 Å². The van der Waals surface area contributed by atoms with Crippen LogP contribution >= 0.6 is 11.8 Å². The van der Waals surface area contributed by atoms with Crippen LogP contribution in [0.2, 0.25) is 0 Å². The summed E-state index contributed by atoms with van der Waals surface area (Å²) < 4.78 is 0. The van der Waals surface area contributed by atoms with E-state index < -0.39 is 0 Å². The molecule has 0 aromatic heterocycles. The molecular weight excluding hydrogens is 192 g/mol. The normalized spacial score (nSPS) is 11.9. The summed E-state index contributed by atoms with van der Waals surface area (Å²) in [5.74, 6) is 8.32. The van der Waals surface area contributed by atoms with Gasteiger partial charge in [0.25, 0.3) is 0 Å². The molecule has 0 fully saturated rings. The summed E-state index contributed by atoms with van der Waals surface area (Å²) in [5, 5.41) is 3.42. The summed E-state index contributed by atoms with van der Waals surface area (Å²) in [6.07, 6.45) is 2.09. The molecule has 0 spiro atoms. The lowest BCUT2D eigenvalue weighted by atomic mass is 10.2. The Kier molecular flexibility index (Phi) is 10.8. The molecule has 0 aliphatic rings. The van der Waals surface area contributed by atoms with E-state index in [0.29, 0.717) is 6.04 Å². The van der Waals surface area contributed by atoms with Gasteiger partial charge >= 0.3 is 0 Å². The zero-order chi connectivity index (χ0) is 10.6. The van der Waals surface area contributed by atoms with Crippen molar-refractivity contribution in [2.24, 2.45) is 5.73 Å². The van der Waals surface area contributed by atoms with Crippen molar-refractivity contribution in [3.8, 4) is 11.8 Å². The lowest BCUT2D eigenvalue weighted by Crippen LogP contribution is -2.37. The molecule has 0 aromatic rings. The molecule has 3 N–H and O–H groups in total. The first-order valence-corrected chi connectivity index (χ1v) is 6.41. The third kappa shape index (κ3) is 8.43. The molecule has 0 aliphatic carbocycles. The highest BCUT2D eigenvalue weighted by Gasteiger charge is 2.03. The Morgan fingerprint density at radius 1 is 1.50 bits per heavy atom. The van der Waals surface area contributed by atoms with E-state index in [0.717, 1.165) is 25.9 Å². The minimum absolute atomic E-state index is 0.465. The van der Waals surface area contributed by atoms with Gasteiger partial charge in [0.05, 0.1) is 0 Å². The van der Waals surface area contributed by atoms with Crippen LogP contribution in [0.3, 0.4) is 0 Å². The van der Waals surface area contributed by atoms with E-state index in [1.54, 1.807) is 0 Å². The van der Waals surface area contributed by atoms with Gasteiger partial charge in [-0.15, -0.1) is 11.8 Å². The first-order chi connectivity index (χ1) is 6.85. The van der Waals surface area contributed by atoms with Crippen LogP contribution < -0.4 is 11.1 Å². The van der Waals surface area contributed by atoms with Gasteiger partial charge in [-0.1, -0.05) is 6.92 Å². The maximum atomic E-state index is 5.66. The molecule has 82 valence electrons. The molecule has 0 amide bonds. The minimum Gasteiger partial charge on any atom is -0.329 e. The van der Waals surface area contributed by atoms with Crippen LogP contribution in [0.5, 0.6) is 0 Å². The van der Waals surface area contributed by atoms with Gasteiger partial charge in [-0.3, -0.25) is 0 Å². The van der Waals surface area contributed by atoms with Crippen LogP contribution in [0.25, 0.3) is 0 Å². The average molecular weight is 214 g/mol. The molecular formula is C11H22N2S. The third-order valence-electron chi connectivity index (χ3n) is 1.96. The van der Waals surface area contributed by atoms with E-state index in [2.05, 4.69) is 24.1 Å². The predicted molar refractivity (Wildman–Crippen MR) is 66.5 cm³/mol. The highest BCUT2D eigenvalue weighted by Crippen LogP contribution is 2.03. The van der Waals surface area contributed by atoms with Crippen LogP contribution in [-0.2, 0) is 0 Å². The second-order valence-electron chi connectivity index (χ2n) is 3.05. The van der Waals surface area contributed by atoms with Gasteiger partial charge in [0.1, 0.15) is 0 Å². The Morgan fingerprint density at radius 3 is 2.86 bits per heavy atom. The Bertz CT molecular complexity index is 172. The summed E-state index contributed by atoms with van der Waals surface area (Å²) in [4.78, 5) is 0. The van der Waals surface area contributed by atoms with Gasteiger partial charge in [0.2, 0.25) is 0 Å². The summed E-state index contributed by atoms with van der Waals surface area (Å²) in [5.41, 5.74) is 5.66. The molecule has 1 unspecified atom stereocenters. The smallest absolute Gasteiger partial charge is 0.0214 e. The Balaban J connectivity index is 3.40. The minimum atomic E-state index is 0.465. The van der Waals surface area contributed by atoms with E-state index >= 15 is 0 Å². The number of nitrogens with two attached hydrogens (primary N) is 1. The highest BCUT2D eigenvalue weighted by molar-refractivity contribution is 7.99. The zero-order valence-corrected chi connectivity index (χ0v) is 10.1. The molecule has 0 saturated carbocycles. The van der Waals surface area contributed by atoms with Gasteiger partial charge < -0.3 is 11.1 Å². The van der Waals surface area contributed by atoms with Crippen molar-refractivity contribution in [3.05, 3.63) is 0 Å². The predicted octanol–water partition coefficient (Wildman–Crippen LogP) is 1.46. The van der Waals surface area contributed by atoms with Crippen molar-refractivity contribution in [3.63, 3.8) is 0 Å². The van der Waals surface area contributed by atoms with Gasteiger partial charge in [-0.25, -0.2) is 0 Å². The van der Waals surface area contributed by atoms with Crippen molar-refractivity contribution < 1.29 is 0 Å². The first kappa shape index (κ1) is 13.8. The number of hydrogen-bond acceptors (Lipinski definition) is 3. The molecule has 14 heavy (non-hydrogen) atoms. The van der Waals surface area contributed by atoms with Crippen LogP contribution in [0.1, 0.15) is 26.7 Å². The fraction of sp³-hybridized carbons (Fsp3) is 0.818. The maximum Gasteiger partial charge on any atom is 0.0214 e. The lowest BCUT2D eigenvalue weighted by molar-refractivity contribution is 0.516. The third-order valence-corrected chi connectivity index (χ3v) is 2.89. The zero-order valence-electron chi connectivity index (χ0n) is 9.31. The van der Waals surface area contributed by atoms with Crippen LogP contribution in [0, 0.1) is 11.8 Å². The quantitative estimate of drug-likeness (QED) is 0.474. The van der Waals surface area contributed by atoms with Crippen molar-refractivity contribution in [1.82, 2.24) is 5.32 Å². The number of rotatable bonds is 8. The monoisotopic (exact) mass is 214 g/mol. The average Bonchev–Trinajstić information content (AvgIpc) is 2.22. The van der Waals surface area contributed by atoms with Gasteiger partial charge in [-0.05, 0) is 24.9 Å². The summed E-state index contributed by atoms with van der Waals surface area (Å²) in [6, 6.07) is 0.465. The molecule has 0 bridgehead atoms. The van der Waals surface area contributed by atoms with E-state index in [-0.39, 0.29) is 0 Å². The number of hydrogen-bond donors (Lipinski definition) is 2. The largest absolute Gasteiger partial charge is 0.329 e. The molecule has 0 aromatic carbocycles. The number of thioether (sulfide) groups is 1. The highest BCUT2D eigenvalue weighted by atomic mass is 32.2. The summed E-state index contributed by atoms with van der Waals surface area (Å²) in [7, 11) is 0. The fourth-order valence-electron chi connectivity index (χ4n) is 1.14. The summed E-state index contributed by atoms with van der Waals surface area (Å²) >= 11 is 1.97. The van der Waals surface area contributed by atoms with E-state index in [1.165, 1.54) is 11.5 Å². The van der Waals surface area contributed by atoms with Crippen molar-refractivity contribution in [2.75, 3.05) is 24.6 Å². The molecule has 3 heteroatoms. The number of nitrogens with one attached hydrogen (secondary N) is 1. The van der Waals surface area contributed by atoms with Crippen molar-refractivity contribution >= 4 is 11.8 Å². The van der Waals surface area contributed by atoms with E-state index in [4.69, 9.17) is 5.73 Å². The molecule has 1 atom stereocenters. The SMILES string of the molecule is CC#CCCNC(CN)CCSCC. The van der Waals surface area contributed by atoms with Crippen molar-refractivity contribution in [1.29, 1.82) is 0 Å². The van der Waals surface area contributed by atoms with E-state index in [9.17, 15) is 0 Å². The van der Waals surface area contributed by atoms with Crippen LogP contribution in [-0.4, -0.2) is 30.6 Å². The Labute approximate surface area is 92.4 Å². The lowest BCUT2D eigenvalue weighted by Gasteiger charge is -2.15. The Morgan fingerprint density at radius 2 is 2.29 bits per heavy atom. The first-order valence-electron chi connectivity index (χ1n) is 5.25. The standard InChI is InChI=1S/C11H22N2S/c1-3-5-6-8-13-11(10-12)7-9-14-4-2/h11,13H,4,6-10,12H2,1-2H3. The molecule has 2 nitrogen and oxygen atoms in total. The topological polar surface area (TPSA) is 38.0 Å². The second-order valence-corrected chi connectivity index (χ2v) is 4.44. The van der Waals surface area contributed by atoms with Gasteiger partial charge in [0.15, 0.2) is 0 Å². The van der Waals surface area contributed by atoms with Gasteiger partial charge in [0, 0.05) is 25.6 Å². The van der Waals surface area contributed by atoms with Crippen LogP contribution in [0.15, 0.2) is 0 Å². The van der Waals surface area contributed by atoms with Crippen LogP contribution in [0.4, 0.5) is 0 Å². The fourth-order valence-corrected chi connectivity index (χ4v) is 1.88. The molecule has 0 aliphatic heterocycles. The molecule has 0 saturated heterocycles. The molecule has 0 heterocycles. The molecule has 0 rings (SSSR count). The summed E-state index contributed by atoms with van der Waals surface area (Å²) in [6.45, 7) is 5.74. The second kappa shape index (κ2) is 10.9. The molecule has 0 radical (unpaired) electrons.